The van der Waals surface area contributed by atoms with Crippen molar-refractivity contribution < 1.29 is 9.53 Å². The van der Waals surface area contributed by atoms with Crippen molar-refractivity contribution in [2.45, 2.75) is 6.42 Å². The van der Waals surface area contributed by atoms with E-state index in [1.165, 1.54) is 7.11 Å². The lowest BCUT2D eigenvalue weighted by molar-refractivity contribution is -0.124. The maximum atomic E-state index is 11.2. The molecule has 1 aromatic heterocycles. The lowest BCUT2D eigenvalue weighted by atomic mass is 10.3. The number of ether oxygens (including phenoxy) is 1. The zero-order valence-corrected chi connectivity index (χ0v) is 10.6. The smallest absolute Gasteiger partial charge is 0.245 e. The van der Waals surface area contributed by atoms with Crippen LogP contribution in [0.3, 0.4) is 0 Å². The zero-order chi connectivity index (χ0) is 13.0. The van der Waals surface area contributed by atoms with Crippen LogP contribution in [0, 0.1) is 0 Å². The van der Waals surface area contributed by atoms with Crippen LogP contribution in [-0.4, -0.2) is 35.7 Å². The first-order valence-corrected chi connectivity index (χ1v) is 5.88. The van der Waals surface area contributed by atoms with Crippen LogP contribution in [0.25, 0.3) is 11.0 Å². The maximum Gasteiger partial charge on any atom is 0.245 e. The van der Waals surface area contributed by atoms with E-state index in [1.54, 1.807) is 0 Å². The molecule has 0 radical (unpaired) electrons. The van der Waals surface area contributed by atoms with Gasteiger partial charge < -0.3 is 14.6 Å². The standard InChI is InChI=1S/C13H17N3O2/c1-16-11-6-4-3-5-10(11)15-12(16)7-8-14-13(17)9-18-2/h3-6H,7-9H2,1-2H3,(H,14,17). The average Bonchev–Trinajstić information content (AvgIpc) is 2.68. The molecule has 0 spiro atoms. The molecule has 0 aliphatic rings. The average molecular weight is 247 g/mol. The number of nitrogens with zero attached hydrogens (tertiary/aromatic N) is 2. The van der Waals surface area contributed by atoms with Gasteiger partial charge in [0.25, 0.3) is 0 Å². The predicted octanol–water partition coefficient (Wildman–Crippen LogP) is 0.878. The van der Waals surface area contributed by atoms with Gasteiger partial charge in [0.1, 0.15) is 12.4 Å². The fraction of sp³-hybridized carbons (Fsp3) is 0.385. The molecule has 96 valence electrons. The van der Waals surface area contributed by atoms with Gasteiger partial charge in [-0.2, -0.15) is 0 Å². The van der Waals surface area contributed by atoms with Crippen LogP contribution in [0.4, 0.5) is 0 Å². The molecule has 0 aliphatic carbocycles. The summed E-state index contributed by atoms with van der Waals surface area (Å²) in [7, 11) is 3.49. The number of hydrogen-bond donors (Lipinski definition) is 1. The minimum atomic E-state index is -0.101. The summed E-state index contributed by atoms with van der Waals surface area (Å²) in [5.74, 6) is 0.866. The number of para-hydroxylation sites is 2. The molecule has 1 amide bonds. The molecule has 0 atom stereocenters. The van der Waals surface area contributed by atoms with Crippen LogP contribution in [0.15, 0.2) is 24.3 Å². The summed E-state index contributed by atoms with van der Waals surface area (Å²) in [6, 6.07) is 7.99. The number of fused-ring (bicyclic) bond motifs is 1. The van der Waals surface area contributed by atoms with Gasteiger partial charge in [0, 0.05) is 27.1 Å². The largest absolute Gasteiger partial charge is 0.375 e. The minimum absolute atomic E-state index is 0.0997. The van der Waals surface area contributed by atoms with Crippen molar-refractivity contribution in [3.8, 4) is 0 Å². The highest BCUT2D eigenvalue weighted by molar-refractivity contribution is 5.77. The molecule has 0 unspecified atom stereocenters. The van der Waals surface area contributed by atoms with E-state index in [0.717, 1.165) is 16.9 Å². The Hall–Kier alpha value is -1.88. The lowest BCUT2D eigenvalue weighted by Gasteiger charge is -2.04. The van der Waals surface area contributed by atoms with E-state index in [9.17, 15) is 4.79 Å². The van der Waals surface area contributed by atoms with Gasteiger partial charge in [-0.3, -0.25) is 4.79 Å². The Labute approximate surface area is 106 Å². The third-order valence-electron chi connectivity index (χ3n) is 2.83. The molecule has 18 heavy (non-hydrogen) atoms. The van der Waals surface area contributed by atoms with Gasteiger partial charge in [0.15, 0.2) is 0 Å². The highest BCUT2D eigenvalue weighted by Crippen LogP contribution is 2.14. The first-order valence-electron chi connectivity index (χ1n) is 5.88. The molecule has 5 heteroatoms. The number of carbonyl (C=O) groups excluding carboxylic acids is 1. The molecule has 2 aromatic rings. The van der Waals surface area contributed by atoms with E-state index in [2.05, 4.69) is 14.9 Å². The summed E-state index contributed by atoms with van der Waals surface area (Å²) in [5.41, 5.74) is 2.09. The Kier molecular flexibility index (Phi) is 3.94. The number of benzene rings is 1. The summed E-state index contributed by atoms with van der Waals surface area (Å²) in [5, 5.41) is 2.79. The summed E-state index contributed by atoms with van der Waals surface area (Å²) in [6.45, 7) is 0.669. The molecular formula is C13H17N3O2. The second-order valence-electron chi connectivity index (χ2n) is 4.11. The number of aryl methyl sites for hydroxylation is 1. The number of aromatic nitrogens is 2. The van der Waals surface area contributed by atoms with Crippen LogP contribution < -0.4 is 5.32 Å². The molecular weight excluding hydrogens is 230 g/mol. The minimum Gasteiger partial charge on any atom is -0.375 e. The Bertz CT molecular complexity index is 548. The van der Waals surface area contributed by atoms with Gasteiger partial charge in [0.2, 0.25) is 5.91 Å². The molecule has 0 aliphatic heterocycles. The molecule has 0 saturated heterocycles. The Balaban J connectivity index is 1.99. The fourth-order valence-corrected chi connectivity index (χ4v) is 1.91. The number of imidazole rings is 1. The van der Waals surface area contributed by atoms with Crippen molar-refractivity contribution in [2.24, 2.45) is 7.05 Å². The van der Waals surface area contributed by atoms with Crippen molar-refractivity contribution in [2.75, 3.05) is 20.3 Å². The second-order valence-corrected chi connectivity index (χ2v) is 4.11. The van der Waals surface area contributed by atoms with Gasteiger partial charge in [0.05, 0.1) is 11.0 Å². The van der Waals surface area contributed by atoms with Crippen LogP contribution in [-0.2, 0) is 23.0 Å². The predicted molar refractivity (Wildman–Crippen MR) is 69.3 cm³/mol. The normalized spacial score (nSPS) is 10.8. The molecule has 0 saturated carbocycles. The van der Waals surface area contributed by atoms with Gasteiger partial charge in [-0.1, -0.05) is 12.1 Å². The van der Waals surface area contributed by atoms with Gasteiger partial charge in [-0.25, -0.2) is 4.98 Å². The monoisotopic (exact) mass is 247 g/mol. The van der Waals surface area contributed by atoms with Crippen LogP contribution in [0.5, 0.6) is 0 Å². The van der Waals surface area contributed by atoms with Crippen LogP contribution in [0.2, 0.25) is 0 Å². The van der Waals surface area contributed by atoms with Gasteiger partial charge in [-0.15, -0.1) is 0 Å². The summed E-state index contributed by atoms with van der Waals surface area (Å²) < 4.78 is 6.80. The van der Waals surface area contributed by atoms with Crippen molar-refractivity contribution in [3.05, 3.63) is 30.1 Å². The zero-order valence-electron chi connectivity index (χ0n) is 10.6. The number of amides is 1. The summed E-state index contributed by atoms with van der Waals surface area (Å²) >= 11 is 0. The number of carbonyl (C=O) groups is 1. The first kappa shape index (κ1) is 12.6. The lowest BCUT2D eigenvalue weighted by Crippen LogP contribution is -2.29. The molecule has 0 fully saturated rings. The van der Waals surface area contributed by atoms with E-state index >= 15 is 0 Å². The highest BCUT2D eigenvalue weighted by atomic mass is 16.5. The van der Waals surface area contributed by atoms with Crippen molar-refractivity contribution >= 4 is 16.9 Å². The third-order valence-corrected chi connectivity index (χ3v) is 2.83. The van der Waals surface area contributed by atoms with Crippen molar-refractivity contribution in [1.29, 1.82) is 0 Å². The number of hydrogen-bond acceptors (Lipinski definition) is 3. The molecule has 1 aromatic carbocycles. The van der Waals surface area contributed by atoms with Gasteiger partial charge in [-0.05, 0) is 12.1 Å². The topological polar surface area (TPSA) is 56.1 Å². The SMILES string of the molecule is COCC(=O)NCCc1nc2ccccc2n1C. The van der Waals surface area contributed by atoms with Crippen molar-refractivity contribution in [1.82, 2.24) is 14.9 Å². The molecule has 0 bridgehead atoms. The fourth-order valence-electron chi connectivity index (χ4n) is 1.91. The van der Waals surface area contributed by atoms with Gasteiger partial charge >= 0.3 is 0 Å². The van der Waals surface area contributed by atoms with E-state index < -0.39 is 0 Å². The van der Waals surface area contributed by atoms with E-state index in [4.69, 9.17) is 4.74 Å². The maximum absolute atomic E-state index is 11.2. The van der Waals surface area contributed by atoms with Crippen LogP contribution >= 0.6 is 0 Å². The van der Waals surface area contributed by atoms with Crippen LogP contribution in [0.1, 0.15) is 5.82 Å². The number of rotatable bonds is 5. The highest BCUT2D eigenvalue weighted by Gasteiger charge is 2.07. The summed E-state index contributed by atoms with van der Waals surface area (Å²) in [6.07, 6.45) is 0.709. The second kappa shape index (κ2) is 5.64. The third kappa shape index (κ3) is 2.68. The Morgan fingerprint density at radius 2 is 2.22 bits per heavy atom. The molecule has 5 nitrogen and oxygen atoms in total. The number of nitrogens with one attached hydrogen (secondary N) is 1. The Morgan fingerprint density at radius 3 is 2.94 bits per heavy atom. The molecule has 1 heterocycles. The summed E-state index contributed by atoms with van der Waals surface area (Å²) in [4.78, 5) is 15.8. The van der Waals surface area contributed by atoms with E-state index in [-0.39, 0.29) is 12.5 Å². The van der Waals surface area contributed by atoms with E-state index in [1.807, 2.05) is 31.3 Å². The van der Waals surface area contributed by atoms with E-state index in [0.29, 0.717) is 13.0 Å². The molecule has 1 N–H and O–H groups in total. The Morgan fingerprint density at radius 1 is 1.44 bits per heavy atom. The quantitative estimate of drug-likeness (QED) is 0.853. The number of methoxy groups -OCH3 is 1. The van der Waals surface area contributed by atoms with Crippen molar-refractivity contribution in [3.63, 3.8) is 0 Å². The molecule has 2 rings (SSSR count). The first-order chi connectivity index (χ1) is 8.72.